The molecular formula is C14H14Cl2N4O. The van der Waals surface area contributed by atoms with Crippen molar-refractivity contribution in [1.29, 1.82) is 0 Å². The molecule has 0 saturated heterocycles. The number of anilines is 1. The van der Waals surface area contributed by atoms with E-state index in [2.05, 4.69) is 15.5 Å². The summed E-state index contributed by atoms with van der Waals surface area (Å²) in [5.74, 6) is 0.551. The lowest BCUT2D eigenvalue weighted by Gasteiger charge is -2.13. The fourth-order valence-electron chi connectivity index (χ4n) is 2.20. The topological polar surface area (TPSA) is 59.8 Å². The molecule has 0 aliphatic heterocycles. The molecule has 0 radical (unpaired) electrons. The molecule has 0 spiro atoms. The predicted octanol–water partition coefficient (Wildman–Crippen LogP) is 3.00. The lowest BCUT2D eigenvalue weighted by atomic mass is 10.1. The average Bonchev–Trinajstić information content (AvgIpc) is 2.76. The van der Waals surface area contributed by atoms with Crippen molar-refractivity contribution in [3.05, 3.63) is 30.6 Å². The van der Waals surface area contributed by atoms with Gasteiger partial charge in [-0.3, -0.25) is 4.79 Å². The van der Waals surface area contributed by atoms with E-state index < -0.39 is 9.75 Å². The zero-order chi connectivity index (χ0) is 15.3. The molecule has 1 fully saturated rings. The highest BCUT2D eigenvalue weighted by Gasteiger charge is 2.67. The van der Waals surface area contributed by atoms with E-state index >= 15 is 0 Å². The zero-order valence-electron chi connectivity index (χ0n) is 11.6. The molecule has 3 rings (SSSR count). The van der Waals surface area contributed by atoms with Crippen LogP contribution < -0.4 is 5.32 Å². The van der Waals surface area contributed by atoms with Crippen LogP contribution in [0.15, 0.2) is 30.6 Å². The second kappa shape index (κ2) is 4.71. The smallest absolute Gasteiger partial charge is 0.233 e. The summed E-state index contributed by atoms with van der Waals surface area (Å²) in [6.45, 7) is 1.76. The Labute approximate surface area is 132 Å². The monoisotopic (exact) mass is 324 g/mol. The fourth-order valence-corrected chi connectivity index (χ4v) is 2.90. The van der Waals surface area contributed by atoms with E-state index in [1.165, 1.54) is 0 Å². The van der Waals surface area contributed by atoms with Crippen LogP contribution in [0.5, 0.6) is 0 Å². The third-order valence-corrected chi connectivity index (χ3v) is 4.95. The number of hydrogen-bond donors (Lipinski definition) is 1. The lowest BCUT2D eigenvalue weighted by molar-refractivity contribution is -0.120. The number of carbonyl (C=O) groups excluding carboxylic acids is 1. The molecule has 1 amide bonds. The number of aromatic nitrogens is 3. The molecule has 1 aliphatic rings. The van der Waals surface area contributed by atoms with Gasteiger partial charge in [-0.2, -0.15) is 0 Å². The van der Waals surface area contributed by atoms with Crippen LogP contribution >= 0.6 is 23.2 Å². The van der Waals surface area contributed by atoms with Crippen molar-refractivity contribution in [2.45, 2.75) is 17.7 Å². The molecule has 5 nitrogen and oxygen atoms in total. The van der Waals surface area contributed by atoms with Gasteiger partial charge in [0, 0.05) is 18.3 Å². The zero-order valence-corrected chi connectivity index (χ0v) is 13.1. The van der Waals surface area contributed by atoms with Gasteiger partial charge < -0.3 is 9.88 Å². The highest BCUT2D eigenvalue weighted by molar-refractivity contribution is 6.53. The van der Waals surface area contributed by atoms with Gasteiger partial charge in [-0.25, -0.2) is 0 Å². The van der Waals surface area contributed by atoms with Crippen molar-refractivity contribution in [1.82, 2.24) is 14.8 Å². The van der Waals surface area contributed by atoms with Crippen LogP contribution in [-0.4, -0.2) is 25.0 Å². The van der Waals surface area contributed by atoms with E-state index in [0.29, 0.717) is 12.1 Å². The van der Waals surface area contributed by atoms with E-state index in [1.807, 2.05) is 35.9 Å². The van der Waals surface area contributed by atoms with Crippen molar-refractivity contribution in [2.75, 3.05) is 5.32 Å². The molecule has 0 bridgehead atoms. The van der Waals surface area contributed by atoms with Gasteiger partial charge in [0.05, 0.1) is 5.41 Å². The molecule has 1 unspecified atom stereocenters. The average molecular weight is 325 g/mol. The Bertz CT molecular complexity index is 713. The summed E-state index contributed by atoms with van der Waals surface area (Å²) in [6, 6.07) is 7.42. The SMILES string of the molecule is Cn1cnnc1-c1cccc(NC(=O)C2(C)CC2(Cl)Cl)c1. The van der Waals surface area contributed by atoms with Gasteiger partial charge in [0.15, 0.2) is 5.82 Å². The van der Waals surface area contributed by atoms with Gasteiger partial charge in [-0.15, -0.1) is 33.4 Å². The third kappa shape index (κ3) is 2.40. The van der Waals surface area contributed by atoms with Gasteiger partial charge in [0.25, 0.3) is 0 Å². The number of rotatable bonds is 3. The summed E-state index contributed by atoms with van der Waals surface area (Å²) in [5.41, 5.74) is 0.811. The minimum Gasteiger partial charge on any atom is -0.326 e. The van der Waals surface area contributed by atoms with Crippen LogP contribution in [0.4, 0.5) is 5.69 Å². The molecule has 1 heterocycles. The van der Waals surface area contributed by atoms with Crippen molar-refractivity contribution < 1.29 is 4.79 Å². The van der Waals surface area contributed by atoms with E-state index in [9.17, 15) is 4.79 Å². The summed E-state index contributed by atoms with van der Waals surface area (Å²) in [5, 5.41) is 10.8. The summed E-state index contributed by atoms with van der Waals surface area (Å²) >= 11 is 12.1. The van der Waals surface area contributed by atoms with Gasteiger partial charge in [0.2, 0.25) is 5.91 Å². The molecule has 21 heavy (non-hydrogen) atoms. The highest BCUT2D eigenvalue weighted by atomic mass is 35.5. The molecule has 1 aliphatic carbocycles. The molecule has 7 heteroatoms. The maximum absolute atomic E-state index is 12.3. The Balaban J connectivity index is 1.82. The number of aryl methyl sites for hydroxylation is 1. The fraction of sp³-hybridized carbons (Fsp3) is 0.357. The number of benzene rings is 1. The molecule has 2 aromatic rings. The van der Waals surface area contributed by atoms with Crippen molar-refractivity contribution in [3.63, 3.8) is 0 Å². The first-order valence-electron chi connectivity index (χ1n) is 6.47. The summed E-state index contributed by atoms with van der Waals surface area (Å²) in [4.78, 5) is 12.3. The number of alkyl halides is 2. The van der Waals surface area contributed by atoms with Crippen molar-refractivity contribution >= 4 is 34.8 Å². The Morgan fingerprint density at radius 1 is 1.43 bits per heavy atom. The quantitative estimate of drug-likeness (QED) is 0.883. The molecule has 1 N–H and O–H groups in total. The first-order valence-corrected chi connectivity index (χ1v) is 7.23. The van der Waals surface area contributed by atoms with Crippen molar-refractivity contribution in [3.8, 4) is 11.4 Å². The molecule has 1 aromatic heterocycles. The second-order valence-corrected chi connectivity index (χ2v) is 7.00. The Morgan fingerprint density at radius 2 is 2.14 bits per heavy atom. The number of nitrogens with zero attached hydrogens (tertiary/aromatic N) is 3. The molecule has 110 valence electrons. The largest absolute Gasteiger partial charge is 0.326 e. The van der Waals surface area contributed by atoms with Crippen LogP contribution in [0.2, 0.25) is 0 Å². The molecule has 1 atom stereocenters. The number of halogens is 2. The van der Waals surface area contributed by atoms with Gasteiger partial charge in [-0.05, 0) is 25.5 Å². The summed E-state index contributed by atoms with van der Waals surface area (Å²) in [6.07, 6.45) is 2.08. The Kier molecular flexibility index (Phi) is 3.22. The predicted molar refractivity (Wildman–Crippen MR) is 82.2 cm³/mol. The van der Waals surface area contributed by atoms with E-state index in [4.69, 9.17) is 23.2 Å². The maximum atomic E-state index is 12.3. The molecule has 1 aromatic carbocycles. The Morgan fingerprint density at radius 3 is 2.71 bits per heavy atom. The first-order chi connectivity index (χ1) is 9.83. The van der Waals surface area contributed by atoms with Crippen molar-refractivity contribution in [2.24, 2.45) is 12.5 Å². The standard InChI is InChI=1S/C14H14Cl2N4O/c1-13(7-14(13,15)16)12(21)18-10-5-3-4-9(6-10)11-19-17-8-20(11)2/h3-6,8H,7H2,1-2H3,(H,18,21). The van der Waals surface area contributed by atoms with E-state index in [-0.39, 0.29) is 5.91 Å². The minimum absolute atomic E-state index is 0.178. The summed E-state index contributed by atoms with van der Waals surface area (Å²) in [7, 11) is 1.86. The van der Waals surface area contributed by atoms with Crippen LogP contribution in [0, 0.1) is 5.41 Å². The molecular weight excluding hydrogens is 311 g/mol. The van der Waals surface area contributed by atoms with Gasteiger partial charge in [0.1, 0.15) is 10.7 Å². The van der Waals surface area contributed by atoms with Gasteiger partial charge >= 0.3 is 0 Å². The van der Waals surface area contributed by atoms with E-state index in [0.717, 1.165) is 11.4 Å². The van der Waals surface area contributed by atoms with Crippen LogP contribution in [0.3, 0.4) is 0 Å². The number of nitrogens with one attached hydrogen (secondary N) is 1. The Hall–Kier alpha value is -1.59. The van der Waals surface area contributed by atoms with Gasteiger partial charge in [-0.1, -0.05) is 12.1 Å². The van der Waals surface area contributed by atoms with Crippen LogP contribution in [0.25, 0.3) is 11.4 Å². The maximum Gasteiger partial charge on any atom is 0.233 e. The first kappa shape index (κ1) is 14.4. The van der Waals surface area contributed by atoms with Crippen LogP contribution in [0.1, 0.15) is 13.3 Å². The second-order valence-electron chi connectivity index (χ2n) is 5.51. The lowest BCUT2D eigenvalue weighted by Crippen LogP contribution is -2.25. The third-order valence-electron chi connectivity index (χ3n) is 3.85. The highest BCUT2D eigenvalue weighted by Crippen LogP contribution is 2.64. The number of amides is 1. The normalized spacial score (nSPS) is 22.9. The van der Waals surface area contributed by atoms with Crippen LogP contribution in [-0.2, 0) is 11.8 Å². The number of hydrogen-bond acceptors (Lipinski definition) is 3. The number of carbonyl (C=O) groups is 1. The minimum atomic E-state index is -0.974. The van der Waals surface area contributed by atoms with E-state index in [1.54, 1.807) is 13.3 Å². The summed E-state index contributed by atoms with van der Waals surface area (Å²) < 4.78 is 0.837. The molecule has 1 saturated carbocycles.